The van der Waals surface area contributed by atoms with Crippen LogP contribution in [0.25, 0.3) is 0 Å². The van der Waals surface area contributed by atoms with Crippen LogP contribution in [0.2, 0.25) is 10.0 Å². The first-order chi connectivity index (χ1) is 9.86. The van der Waals surface area contributed by atoms with Crippen LogP contribution in [0.4, 0.5) is 5.69 Å². The second kappa shape index (κ2) is 6.19. The molecule has 2 N–H and O–H groups in total. The molecule has 0 radical (unpaired) electrons. The lowest BCUT2D eigenvalue weighted by Gasteiger charge is -2.13. The third-order valence-corrected chi connectivity index (χ3v) is 5.16. The van der Waals surface area contributed by atoms with Crippen molar-refractivity contribution in [3.05, 3.63) is 51.8 Å². The molecular formula is C13H12Cl2N2O3S. The lowest BCUT2D eigenvalue weighted by molar-refractivity contribution is 0.282. The minimum absolute atomic E-state index is 0.0981. The molecule has 0 saturated heterocycles. The molecule has 0 aliphatic heterocycles. The number of hydrogen-bond acceptors (Lipinski definition) is 4. The third-order valence-electron chi connectivity index (χ3n) is 2.85. The minimum Gasteiger partial charge on any atom is -0.392 e. The number of hydrogen-bond donors (Lipinski definition) is 2. The van der Waals surface area contributed by atoms with E-state index in [4.69, 9.17) is 23.2 Å². The first kappa shape index (κ1) is 16.0. The zero-order valence-corrected chi connectivity index (χ0v) is 13.3. The van der Waals surface area contributed by atoms with Gasteiger partial charge in [-0.05, 0) is 31.2 Å². The highest BCUT2D eigenvalue weighted by Gasteiger charge is 2.22. The lowest BCUT2D eigenvalue weighted by atomic mass is 10.2. The maximum Gasteiger partial charge on any atom is 0.263 e. The fourth-order valence-electron chi connectivity index (χ4n) is 1.72. The van der Waals surface area contributed by atoms with Crippen LogP contribution in [-0.4, -0.2) is 18.5 Å². The normalized spacial score (nSPS) is 11.4. The molecule has 1 aromatic carbocycles. The number of aryl methyl sites for hydroxylation is 1. The van der Waals surface area contributed by atoms with E-state index in [0.29, 0.717) is 11.4 Å². The highest BCUT2D eigenvalue weighted by Crippen LogP contribution is 2.32. The summed E-state index contributed by atoms with van der Waals surface area (Å²) in [5.41, 5.74) is 1.06. The average molecular weight is 347 g/mol. The molecular weight excluding hydrogens is 335 g/mol. The van der Waals surface area contributed by atoms with Gasteiger partial charge >= 0.3 is 0 Å². The maximum atomic E-state index is 12.4. The zero-order valence-electron chi connectivity index (χ0n) is 11.0. The van der Waals surface area contributed by atoms with E-state index >= 15 is 0 Å². The largest absolute Gasteiger partial charge is 0.392 e. The Morgan fingerprint density at radius 1 is 1.29 bits per heavy atom. The number of nitrogens with zero attached hydrogens (tertiary/aromatic N) is 1. The van der Waals surface area contributed by atoms with E-state index in [2.05, 4.69) is 9.71 Å². The SMILES string of the molecule is Cc1ncccc1NS(=O)(=O)c1ccc(Cl)c(CO)c1Cl. The first-order valence-electron chi connectivity index (χ1n) is 5.89. The second-order valence-electron chi connectivity index (χ2n) is 4.24. The van der Waals surface area contributed by atoms with Crippen LogP contribution in [-0.2, 0) is 16.6 Å². The maximum absolute atomic E-state index is 12.4. The molecule has 0 spiro atoms. The summed E-state index contributed by atoms with van der Waals surface area (Å²) < 4.78 is 27.2. The molecule has 0 atom stereocenters. The van der Waals surface area contributed by atoms with Crippen molar-refractivity contribution in [2.45, 2.75) is 18.4 Å². The Hall–Kier alpha value is -1.34. The van der Waals surface area contributed by atoms with Crippen molar-refractivity contribution in [2.24, 2.45) is 0 Å². The molecule has 0 aliphatic rings. The van der Waals surface area contributed by atoms with Gasteiger partial charge in [0.25, 0.3) is 10.0 Å². The molecule has 0 unspecified atom stereocenters. The Morgan fingerprint density at radius 2 is 2.00 bits per heavy atom. The van der Waals surface area contributed by atoms with Crippen molar-refractivity contribution in [3.8, 4) is 0 Å². The predicted molar refractivity (Wildman–Crippen MR) is 82.2 cm³/mol. The summed E-state index contributed by atoms with van der Waals surface area (Å²) in [4.78, 5) is 3.85. The Bertz CT molecular complexity index is 779. The molecule has 0 bridgehead atoms. The second-order valence-corrected chi connectivity index (χ2v) is 6.67. The Kier molecular flexibility index (Phi) is 4.73. The van der Waals surface area contributed by atoms with Gasteiger partial charge in [-0.25, -0.2) is 8.42 Å². The van der Waals surface area contributed by atoms with Gasteiger partial charge in [0.1, 0.15) is 4.90 Å². The van der Waals surface area contributed by atoms with Crippen LogP contribution in [0.1, 0.15) is 11.3 Å². The van der Waals surface area contributed by atoms with Crippen molar-refractivity contribution in [1.29, 1.82) is 0 Å². The van der Waals surface area contributed by atoms with Crippen molar-refractivity contribution < 1.29 is 13.5 Å². The molecule has 0 saturated carbocycles. The van der Waals surface area contributed by atoms with E-state index in [-0.39, 0.29) is 20.5 Å². The number of nitrogens with one attached hydrogen (secondary N) is 1. The average Bonchev–Trinajstić information content (AvgIpc) is 2.41. The van der Waals surface area contributed by atoms with E-state index < -0.39 is 16.6 Å². The Balaban J connectivity index is 2.48. The molecule has 1 aromatic heterocycles. The van der Waals surface area contributed by atoms with E-state index in [9.17, 15) is 13.5 Å². The Labute approximate surface area is 132 Å². The fraction of sp³-hybridized carbons (Fsp3) is 0.154. The number of aliphatic hydroxyl groups is 1. The van der Waals surface area contributed by atoms with Gasteiger partial charge in [0.05, 0.1) is 23.0 Å². The summed E-state index contributed by atoms with van der Waals surface area (Å²) in [6, 6.07) is 5.88. The fourth-order valence-corrected chi connectivity index (χ4v) is 3.74. The van der Waals surface area contributed by atoms with Crippen LogP contribution in [0, 0.1) is 6.92 Å². The molecule has 8 heteroatoms. The summed E-state index contributed by atoms with van der Waals surface area (Å²) >= 11 is 11.9. The number of aliphatic hydroxyl groups excluding tert-OH is 1. The number of aromatic nitrogens is 1. The number of pyridine rings is 1. The third kappa shape index (κ3) is 3.29. The van der Waals surface area contributed by atoms with E-state index in [1.165, 1.54) is 12.1 Å². The van der Waals surface area contributed by atoms with Crippen molar-refractivity contribution >= 4 is 38.9 Å². The lowest BCUT2D eigenvalue weighted by Crippen LogP contribution is -2.15. The Morgan fingerprint density at radius 3 is 2.62 bits per heavy atom. The highest BCUT2D eigenvalue weighted by molar-refractivity contribution is 7.92. The molecule has 5 nitrogen and oxygen atoms in total. The summed E-state index contributed by atoms with van der Waals surface area (Å²) in [7, 11) is -3.91. The number of rotatable bonds is 4. The molecule has 1 heterocycles. The van der Waals surface area contributed by atoms with Crippen LogP contribution < -0.4 is 4.72 Å². The quantitative estimate of drug-likeness (QED) is 0.891. The van der Waals surface area contributed by atoms with Gasteiger partial charge < -0.3 is 5.11 Å². The molecule has 112 valence electrons. The van der Waals surface area contributed by atoms with Gasteiger partial charge in [0.15, 0.2) is 0 Å². The van der Waals surface area contributed by atoms with Crippen molar-refractivity contribution in [1.82, 2.24) is 4.98 Å². The van der Waals surface area contributed by atoms with E-state index in [1.54, 1.807) is 25.3 Å². The summed E-state index contributed by atoms with van der Waals surface area (Å²) in [5.74, 6) is 0. The molecule has 21 heavy (non-hydrogen) atoms. The molecule has 0 amide bonds. The topological polar surface area (TPSA) is 79.3 Å². The smallest absolute Gasteiger partial charge is 0.263 e. The van der Waals surface area contributed by atoms with Gasteiger partial charge in [-0.2, -0.15) is 0 Å². The molecule has 0 fully saturated rings. The predicted octanol–water partition coefficient (Wildman–Crippen LogP) is 2.99. The number of anilines is 1. The van der Waals surface area contributed by atoms with E-state index in [1.807, 2.05) is 0 Å². The summed E-state index contributed by atoms with van der Waals surface area (Å²) in [5, 5.41) is 9.34. The standard InChI is InChI=1S/C13H12Cl2N2O3S/c1-8-11(3-2-6-16-8)17-21(19,20)12-5-4-10(14)9(7-18)13(12)15/h2-6,17-18H,7H2,1H3. The number of sulfonamides is 1. The van der Waals surface area contributed by atoms with Crippen molar-refractivity contribution in [2.75, 3.05) is 4.72 Å². The summed E-state index contributed by atoms with van der Waals surface area (Å²) in [6.45, 7) is 1.23. The van der Waals surface area contributed by atoms with Gasteiger partial charge in [0, 0.05) is 16.8 Å². The van der Waals surface area contributed by atoms with E-state index in [0.717, 1.165) is 0 Å². The van der Waals surface area contributed by atoms with Crippen LogP contribution >= 0.6 is 23.2 Å². The van der Waals surface area contributed by atoms with Gasteiger partial charge in [-0.1, -0.05) is 23.2 Å². The zero-order chi connectivity index (χ0) is 15.6. The van der Waals surface area contributed by atoms with Crippen molar-refractivity contribution in [3.63, 3.8) is 0 Å². The molecule has 2 aromatic rings. The number of benzene rings is 1. The van der Waals surface area contributed by atoms with Gasteiger partial charge in [0.2, 0.25) is 0 Å². The highest BCUT2D eigenvalue weighted by atomic mass is 35.5. The van der Waals surface area contributed by atoms with Crippen LogP contribution in [0.3, 0.4) is 0 Å². The van der Waals surface area contributed by atoms with Crippen LogP contribution in [0.5, 0.6) is 0 Å². The molecule has 2 rings (SSSR count). The number of halogens is 2. The van der Waals surface area contributed by atoms with Gasteiger partial charge in [-0.3, -0.25) is 9.71 Å². The van der Waals surface area contributed by atoms with Crippen LogP contribution in [0.15, 0.2) is 35.4 Å². The van der Waals surface area contributed by atoms with Gasteiger partial charge in [-0.15, -0.1) is 0 Å². The first-order valence-corrected chi connectivity index (χ1v) is 8.13. The molecule has 0 aliphatic carbocycles. The minimum atomic E-state index is -3.91. The summed E-state index contributed by atoms with van der Waals surface area (Å²) in [6.07, 6.45) is 1.56. The monoisotopic (exact) mass is 346 g/mol.